The van der Waals surface area contributed by atoms with E-state index >= 15 is 0 Å². The maximum Gasteiger partial charge on any atom is 0.119 e. The summed E-state index contributed by atoms with van der Waals surface area (Å²) in [6, 6.07) is 18.2. The third-order valence-electron chi connectivity index (χ3n) is 6.19. The zero-order valence-corrected chi connectivity index (χ0v) is 15.7. The molecule has 0 amide bonds. The quantitative estimate of drug-likeness (QED) is 0.738. The summed E-state index contributed by atoms with van der Waals surface area (Å²) in [5, 5.41) is 0.751. The van der Waals surface area contributed by atoms with E-state index in [1.54, 1.807) is 0 Å². The summed E-state index contributed by atoms with van der Waals surface area (Å²) in [5.41, 5.74) is 2.80. The maximum absolute atomic E-state index is 6.19. The number of hydrogen-bond donors (Lipinski definition) is 0. The zero-order chi connectivity index (χ0) is 17.4. The van der Waals surface area contributed by atoms with E-state index < -0.39 is 0 Å². The molecule has 0 aliphatic carbocycles. The standard InChI is InChI=1S/C22H26ClNO/c1-15-3-5-16(6-4-15)20-13-18-9-12-22(24(18)2)21(20)14-25-19-10-7-17(23)8-11-19/h3-8,10-11,18,20-22H,9,12-14H2,1-2H3/t18-,20+,21+,22+/m0/s1. The highest BCUT2D eigenvalue weighted by Crippen LogP contribution is 2.46. The van der Waals surface area contributed by atoms with E-state index in [0.29, 0.717) is 17.9 Å². The molecule has 2 bridgehead atoms. The minimum Gasteiger partial charge on any atom is -0.493 e. The molecule has 0 radical (unpaired) electrons. The van der Waals surface area contributed by atoms with E-state index in [9.17, 15) is 0 Å². The number of ether oxygens (including phenoxy) is 1. The molecule has 2 aliphatic rings. The molecule has 4 rings (SSSR count). The van der Waals surface area contributed by atoms with E-state index in [0.717, 1.165) is 23.4 Å². The lowest BCUT2D eigenvalue weighted by Crippen LogP contribution is -2.47. The molecule has 132 valence electrons. The second kappa shape index (κ2) is 7.01. The number of fused-ring (bicyclic) bond motifs is 2. The van der Waals surface area contributed by atoms with Gasteiger partial charge in [-0.15, -0.1) is 0 Å². The fraction of sp³-hybridized carbons (Fsp3) is 0.455. The second-order valence-corrected chi connectivity index (χ2v) is 8.08. The van der Waals surface area contributed by atoms with Gasteiger partial charge in [0.15, 0.2) is 0 Å². The van der Waals surface area contributed by atoms with E-state index in [2.05, 4.69) is 43.1 Å². The number of aryl methyl sites for hydroxylation is 1. The Kier molecular flexibility index (Phi) is 4.75. The van der Waals surface area contributed by atoms with Crippen LogP contribution in [0.15, 0.2) is 48.5 Å². The maximum atomic E-state index is 6.19. The summed E-state index contributed by atoms with van der Waals surface area (Å²) in [6.45, 7) is 2.92. The van der Waals surface area contributed by atoms with Gasteiger partial charge >= 0.3 is 0 Å². The number of piperidine rings is 1. The minimum atomic E-state index is 0.530. The fourth-order valence-electron chi connectivity index (χ4n) is 4.72. The molecule has 2 aromatic rings. The lowest BCUT2D eigenvalue weighted by molar-refractivity contribution is 0.0666. The van der Waals surface area contributed by atoms with Crippen molar-refractivity contribution in [2.45, 2.75) is 44.2 Å². The van der Waals surface area contributed by atoms with Gasteiger partial charge in [0.25, 0.3) is 0 Å². The Bertz CT molecular complexity index is 712. The summed E-state index contributed by atoms with van der Waals surface area (Å²) in [7, 11) is 2.29. The van der Waals surface area contributed by atoms with Gasteiger partial charge in [0.05, 0.1) is 6.61 Å². The van der Waals surface area contributed by atoms with Crippen LogP contribution in [0.2, 0.25) is 5.02 Å². The third-order valence-corrected chi connectivity index (χ3v) is 6.45. The fourth-order valence-corrected chi connectivity index (χ4v) is 4.85. The van der Waals surface area contributed by atoms with Gasteiger partial charge in [-0.1, -0.05) is 41.4 Å². The van der Waals surface area contributed by atoms with Gasteiger partial charge in [0.1, 0.15) is 5.75 Å². The molecule has 0 spiro atoms. The topological polar surface area (TPSA) is 12.5 Å². The van der Waals surface area contributed by atoms with Crippen molar-refractivity contribution < 1.29 is 4.74 Å². The summed E-state index contributed by atoms with van der Waals surface area (Å²) in [5.74, 6) is 2.03. The summed E-state index contributed by atoms with van der Waals surface area (Å²) < 4.78 is 6.19. The van der Waals surface area contributed by atoms with Crippen LogP contribution in [0.25, 0.3) is 0 Å². The van der Waals surface area contributed by atoms with Crippen LogP contribution in [0.1, 0.15) is 36.3 Å². The molecule has 0 saturated carbocycles. The Hall–Kier alpha value is -1.51. The molecule has 0 unspecified atom stereocenters. The zero-order valence-electron chi connectivity index (χ0n) is 15.0. The summed E-state index contributed by atoms with van der Waals surface area (Å²) in [6.07, 6.45) is 3.85. The first-order chi connectivity index (χ1) is 12.1. The molecule has 2 nitrogen and oxygen atoms in total. The van der Waals surface area contributed by atoms with Gasteiger partial charge in [-0.2, -0.15) is 0 Å². The molecule has 3 heteroatoms. The van der Waals surface area contributed by atoms with Crippen LogP contribution in [0.5, 0.6) is 5.75 Å². The van der Waals surface area contributed by atoms with Crippen LogP contribution in [-0.2, 0) is 0 Å². The van der Waals surface area contributed by atoms with Gasteiger partial charge in [-0.25, -0.2) is 0 Å². The van der Waals surface area contributed by atoms with E-state index in [-0.39, 0.29) is 0 Å². The third kappa shape index (κ3) is 3.43. The van der Waals surface area contributed by atoms with Crippen LogP contribution in [0.4, 0.5) is 0 Å². The summed E-state index contributed by atoms with van der Waals surface area (Å²) >= 11 is 5.98. The Morgan fingerprint density at radius 1 is 1.04 bits per heavy atom. The first kappa shape index (κ1) is 16.9. The Labute approximate surface area is 155 Å². The average Bonchev–Trinajstić information content (AvgIpc) is 2.86. The number of benzene rings is 2. The molecular formula is C22H26ClNO. The molecule has 25 heavy (non-hydrogen) atoms. The molecule has 0 aromatic heterocycles. The van der Waals surface area contributed by atoms with E-state index in [1.165, 1.54) is 30.4 Å². The highest BCUT2D eigenvalue weighted by atomic mass is 35.5. The first-order valence-corrected chi connectivity index (χ1v) is 9.66. The van der Waals surface area contributed by atoms with Crippen molar-refractivity contribution in [3.8, 4) is 5.75 Å². The highest BCUT2D eigenvalue weighted by molar-refractivity contribution is 6.30. The second-order valence-electron chi connectivity index (χ2n) is 7.65. The lowest BCUT2D eigenvalue weighted by atomic mass is 9.76. The predicted octanol–water partition coefficient (Wildman–Crippen LogP) is 5.29. The van der Waals surface area contributed by atoms with E-state index in [1.807, 2.05) is 24.3 Å². The largest absolute Gasteiger partial charge is 0.493 e. The first-order valence-electron chi connectivity index (χ1n) is 9.28. The molecule has 2 fully saturated rings. The van der Waals surface area contributed by atoms with Crippen molar-refractivity contribution in [2.75, 3.05) is 13.7 Å². The lowest BCUT2D eigenvalue weighted by Gasteiger charge is -2.43. The monoisotopic (exact) mass is 355 g/mol. The van der Waals surface area contributed by atoms with Crippen LogP contribution in [-0.4, -0.2) is 30.6 Å². The Morgan fingerprint density at radius 2 is 1.76 bits per heavy atom. The molecule has 2 aliphatic heterocycles. The van der Waals surface area contributed by atoms with Crippen LogP contribution < -0.4 is 4.74 Å². The average molecular weight is 356 g/mol. The van der Waals surface area contributed by atoms with Crippen LogP contribution in [0.3, 0.4) is 0 Å². The van der Waals surface area contributed by atoms with Crippen molar-refractivity contribution in [3.63, 3.8) is 0 Å². The van der Waals surface area contributed by atoms with Crippen molar-refractivity contribution in [1.29, 1.82) is 0 Å². The van der Waals surface area contributed by atoms with Gasteiger partial charge in [0, 0.05) is 23.0 Å². The number of halogens is 1. The molecule has 0 N–H and O–H groups in total. The van der Waals surface area contributed by atoms with Gasteiger partial charge in [-0.3, -0.25) is 0 Å². The highest BCUT2D eigenvalue weighted by Gasteiger charge is 2.46. The van der Waals surface area contributed by atoms with Crippen molar-refractivity contribution >= 4 is 11.6 Å². The number of rotatable bonds is 4. The van der Waals surface area contributed by atoms with Crippen molar-refractivity contribution in [3.05, 3.63) is 64.7 Å². The number of hydrogen-bond acceptors (Lipinski definition) is 2. The SMILES string of the molecule is Cc1ccc([C@H]2C[C@@H]3CC[C@H]([C@@H]2COc2ccc(Cl)cc2)N3C)cc1. The van der Waals surface area contributed by atoms with Crippen molar-refractivity contribution in [1.82, 2.24) is 4.90 Å². The number of nitrogens with zero attached hydrogens (tertiary/aromatic N) is 1. The normalized spacial score (nSPS) is 28.9. The van der Waals surface area contributed by atoms with Crippen LogP contribution >= 0.6 is 11.6 Å². The molecular weight excluding hydrogens is 330 g/mol. The Balaban J connectivity index is 1.56. The molecule has 2 saturated heterocycles. The molecule has 4 atom stereocenters. The van der Waals surface area contributed by atoms with Gasteiger partial charge < -0.3 is 9.64 Å². The summed E-state index contributed by atoms with van der Waals surface area (Å²) in [4.78, 5) is 2.60. The van der Waals surface area contributed by atoms with Crippen LogP contribution in [0, 0.1) is 12.8 Å². The minimum absolute atomic E-state index is 0.530. The molecule has 2 aromatic carbocycles. The van der Waals surface area contributed by atoms with E-state index in [4.69, 9.17) is 16.3 Å². The predicted molar refractivity (Wildman–Crippen MR) is 104 cm³/mol. The Morgan fingerprint density at radius 3 is 2.48 bits per heavy atom. The smallest absolute Gasteiger partial charge is 0.119 e. The van der Waals surface area contributed by atoms with Gasteiger partial charge in [-0.05, 0) is 69.0 Å². The van der Waals surface area contributed by atoms with Gasteiger partial charge in [0.2, 0.25) is 0 Å². The van der Waals surface area contributed by atoms with Crippen molar-refractivity contribution in [2.24, 2.45) is 5.92 Å². The molecule has 2 heterocycles.